The van der Waals surface area contributed by atoms with E-state index in [1.165, 1.54) is 4.57 Å². The van der Waals surface area contributed by atoms with Gasteiger partial charge in [0.15, 0.2) is 0 Å². The molecular formula is C17H23ClN4O3. The van der Waals surface area contributed by atoms with E-state index in [9.17, 15) is 14.4 Å². The molecule has 4 N–H and O–H groups in total. The number of para-hydroxylation sites is 1. The lowest BCUT2D eigenvalue weighted by atomic mass is 10.0. The minimum absolute atomic E-state index is 0. The van der Waals surface area contributed by atoms with Crippen LogP contribution in [0.25, 0.3) is 10.9 Å². The number of benzene rings is 1. The fraction of sp³-hybridized carbons (Fsp3) is 0.471. The molecule has 1 aromatic heterocycles. The normalized spacial score (nSPS) is 19.6. The molecule has 7 nitrogen and oxygen atoms in total. The number of aromatic nitrogens is 2. The molecular weight excluding hydrogens is 344 g/mol. The average Bonchev–Trinajstić information content (AvgIpc) is 3.01. The van der Waals surface area contributed by atoms with Crippen LogP contribution in [0, 0.1) is 5.92 Å². The molecule has 1 saturated carbocycles. The number of nitrogens with zero attached hydrogens (tertiary/aromatic N) is 1. The van der Waals surface area contributed by atoms with Gasteiger partial charge >= 0.3 is 5.69 Å². The zero-order valence-electron chi connectivity index (χ0n) is 13.9. The number of carbonyl (C=O) groups excluding carboxylic acids is 1. The minimum Gasteiger partial charge on any atom is -0.353 e. The summed E-state index contributed by atoms with van der Waals surface area (Å²) in [4.78, 5) is 38.4. The maximum Gasteiger partial charge on any atom is 0.328 e. The second kappa shape index (κ2) is 8.31. The van der Waals surface area contributed by atoms with E-state index in [2.05, 4.69) is 10.3 Å². The van der Waals surface area contributed by atoms with Crippen molar-refractivity contribution in [3.63, 3.8) is 0 Å². The van der Waals surface area contributed by atoms with Crippen LogP contribution in [-0.2, 0) is 11.3 Å². The summed E-state index contributed by atoms with van der Waals surface area (Å²) in [5.41, 5.74) is 5.37. The van der Waals surface area contributed by atoms with Crippen molar-refractivity contribution in [2.45, 2.75) is 38.3 Å². The van der Waals surface area contributed by atoms with Gasteiger partial charge in [-0.3, -0.25) is 19.1 Å². The van der Waals surface area contributed by atoms with Gasteiger partial charge in [0.1, 0.15) is 0 Å². The molecule has 1 aromatic carbocycles. The van der Waals surface area contributed by atoms with Gasteiger partial charge < -0.3 is 11.1 Å². The Balaban J connectivity index is 0.00000225. The Morgan fingerprint density at radius 1 is 1.28 bits per heavy atom. The average molecular weight is 367 g/mol. The van der Waals surface area contributed by atoms with Gasteiger partial charge in [0, 0.05) is 19.0 Å². The Morgan fingerprint density at radius 3 is 2.80 bits per heavy atom. The van der Waals surface area contributed by atoms with Crippen molar-refractivity contribution in [1.82, 2.24) is 14.9 Å². The summed E-state index contributed by atoms with van der Waals surface area (Å²) in [7, 11) is 0. The molecule has 25 heavy (non-hydrogen) atoms. The number of H-pyrrole nitrogens is 1. The highest BCUT2D eigenvalue weighted by atomic mass is 35.5. The first-order valence-corrected chi connectivity index (χ1v) is 8.31. The molecule has 1 heterocycles. The number of halogens is 1. The number of carbonyl (C=O) groups is 1. The van der Waals surface area contributed by atoms with Gasteiger partial charge in [0.25, 0.3) is 5.56 Å². The Kier molecular flexibility index (Phi) is 6.39. The fourth-order valence-corrected chi connectivity index (χ4v) is 3.47. The summed E-state index contributed by atoms with van der Waals surface area (Å²) in [5.74, 6) is 0.244. The first-order valence-electron chi connectivity index (χ1n) is 8.31. The molecule has 3 rings (SSSR count). The zero-order valence-corrected chi connectivity index (χ0v) is 14.7. The van der Waals surface area contributed by atoms with Gasteiger partial charge in [-0.25, -0.2) is 4.79 Å². The number of aromatic amines is 1. The summed E-state index contributed by atoms with van der Waals surface area (Å²) in [5, 5.41) is 3.46. The molecule has 0 radical (unpaired) electrons. The quantitative estimate of drug-likeness (QED) is 0.725. The van der Waals surface area contributed by atoms with E-state index in [4.69, 9.17) is 5.73 Å². The first kappa shape index (κ1) is 19.2. The summed E-state index contributed by atoms with van der Waals surface area (Å²) in [6.45, 7) is 0.803. The first-order chi connectivity index (χ1) is 11.6. The van der Waals surface area contributed by atoms with Gasteiger partial charge in [-0.2, -0.15) is 0 Å². The van der Waals surface area contributed by atoms with E-state index < -0.39 is 11.2 Å². The number of aryl methyl sites for hydroxylation is 1. The smallest absolute Gasteiger partial charge is 0.328 e. The van der Waals surface area contributed by atoms with E-state index in [0.29, 0.717) is 23.4 Å². The van der Waals surface area contributed by atoms with Crippen molar-refractivity contribution in [3.8, 4) is 0 Å². The Labute approximate surface area is 151 Å². The number of nitrogens with two attached hydrogens (primary N) is 1. The standard InChI is InChI=1S/C17H22N4O3.ClH/c18-10-11-4-3-6-13(11)19-15(22)8-9-21-14-7-2-1-5-12(14)16(23)20-17(21)24;/h1-2,5,7,11,13H,3-4,6,8-10,18H2,(H,19,22)(H,20,23,24);1H. The minimum atomic E-state index is -0.493. The number of nitrogens with one attached hydrogen (secondary N) is 2. The topological polar surface area (TPSA) is 110 Å². The molecule has 0 bridgehead atoms. The lowest BCUT2D eigenvalue weighted by Crippen LogP contribution is -2.40. The maximum atomic E-state index is 12.2. The van der Waals surface area contributed by atoms with Crippen molar-refractivity contribution in [2.75, 3.05) is 6.54 Å². The number of rotatable bonds is 5. The van der Waals surface area contributed by atoms with Gasteiger partial charge in [0.05, 0.1) is 10.9 Å². The van der Waals surface area contributed by atoms with E-state index in [0.717, 1.165) is 19.3 Å². The molecule has 136 valence electrons. The predicted octanol–water partition coefficient (Wildman–Crippen LogP) is 0.745. The van der Waals surface area contributed by atoms with Crippen LogP contribution in [0.2, 0.25) is 0 Å². The molecule has 1 aliphatic carbocycles. The van der Waals surface area contributed by atoms with Gasteiger partial charge in [-0.1, -0.05) is 18.6 Å². The molecule has 0 spiro atoms. The highest BCUT2D eigenvalue weighted by Crippen LogP contribution is 2.24. The van der Waals surface area contributed by atoms with Crippen molar-refractivity contribution < 1.29 is 4.79 Å². The number of amides is 1. The molecule has 8 heteroatoms. The van der Waals surface area contributed by atoms with Gasteiger partial charge in [-0.15, -0.1) is 12.4 Å². The second-order valence-electron chi connectivity index (χ2n) is 6.28. The molecule has 1 fully saturated rings. The van der Waals surface area contributed by atoms with Crippen LogP contribution in [0.4, 0.5) is 0 Å². The van der Waals surface area contributed by atoms with Crippen molar-refractivity contribution in [2.24, 2.45) is 11.7 Å². The Hall–Kier alpha value is -2.12. The maximum absolute atomic E-state index is 12.2. The number of hydrogen-bond acceptors (Lipinski definition) is 4. The third-order valence-electron chi connectivity index (χ3n) is 4.78. The monoisotopic (exact) mass is 366 g/mol. The molecule has 2 unspecified atom stereocenters. The fourth-order valence-electron chi connectivity index (χ4n) is 3.47. The van der Waals surface area contributed by atoms with E-state index in [1.807, 2.05) is 0 Å². The number of fused-ring (bicyclic) bond motifs is 1. The zero-order chi connectivity index (χ0) is 17.1. The number of hydrogen-bond donors (Lipinski definition) is 3. The van der Waals surface area contributed by atoms with Crippen molar-refractivity contribution in [1.29, 1.82) is 0 Å². The van der Waals surface area contributed by atoms with Crippen LogP contribution < -0.4 is 22.3 Å². The van der Waals surface area contributed by atoms with Crippen LogP contribution in [0.3, 0.4) is 0 Å². The molecule has 0 aliphatic heterocycles. The van der Waals surface area contributed by atoms with Gasteiger partial charge in [-0.05, 0) is 37.4 Å². The Morgan fingerprint density at radius 2 is 2.04 bits per heavy atom. The molecule has 1 aliphatic rings. The molecule has 2 atom stereocenters. The SMILES string of the molecule is Cl.NCC1CCCC1NC(=O)CCn1c(=O)[nH]c(=O)c2ccccc21. The highest BCUT2D eigenvalue weighted by Gasteiger charge is 2.27. The van der Waals surface area contributed by atoms with Crippen molar-refractivity contribution in [3.05, 3.63) is 45.1 Å². The largest absolute Gasteiger partial charge is 0.353 e. The third-order valence-corrected chi connectivity index (χ3v) is 4.78. The second-order valence-corrected chi connectivity index (χ2v) is 6.28. The van der Waals surface area contributed by atoms with Crippen LogP contribution in [0.1, 0.15) is 25.7 Å². The predicted molar refractivity (Wildman–Crippen MR) is 99.0 cm³/mol. The van der Waals surface area contributed by atoms with Gasteiger partial charge in [0.2, 0.25) is 5.91 Å². The summed E-state index contributed by atoms with van der Waals surface area (Å²) < 4.78 is 1.44. The van der Waals surface area contributed by atoms with E-state index in [-0.39, 0.29) is 37.3 Å². The lowest BCUT2D eigenvalue weighted by molar-refractivity contribution is -0.122. The van der Waals surface area contributed by atoms with Crippen molar-refractivity contribution >= 4 is 29.2 Å². The molecule has 0 saturated heterocycles. The van der Waals surface area contributed by atoms with Crippen LogP contribution >= 0.6 is 12.4 Å². The molecule has 1 amide bonds. The van der Waals surface area contributed by atoms with E-state index in [1.54, 1.807) is 24.3 Å². The van der Waals surface area contributed by atoms with Crippen LogP contribution in [-0.4, -0.2) is 28.0 Å². The Bertz CT molecular complexity index is 861. The van der Waals surface area contributed by atoms with Crippen LogP contribution in [0.15, 0.2) is 33.9 Å². The highest BCUT2D eigenvalue weighted by molar-refractivity contribution is 5.85. The van der Waals surface area contributed by atoms with E-state index >= 15 is 0 Å². The summed E-state index contributed by atoms with van der Waals surface area (Å²) in [6.07, 6.45) is 3.27. The summed E-state index contributed by atoms with van der Waals surface area (Å²) >= 11 is 0. The third kappa shape index (κ3) is 4.11. The summed E-state index contributed by atoms with van der Waals surface area (Å²) in [6, 6.07) is 7.01. The lowest BCUT2D eigenvalue weighted by Gasteiger charge is -2.19. The van der Waals surface area contributed by atoms with Crippen LogP contribution in [0.5, 0.6) is 0 Å². The molecule has 2 aromatic rings.